The Bertz CT molecular complexity index is 757. The number of nitrogens with one attached hydrogen (secondary N) is 1. The first-order valence-corrected chi connectivity index (χ1v) is 9.18. The van der Waals surface area contributed by atoms with Gasteiger partial charge in [0.15, 0.2) is 10.9 Å². The number of thiazole rings is 1. The Morgan fingerprint density at radius 2 is 2.05 bits per heavy atom. The van der Waals surface area contributed by atoms with Crippen molar-refractivity contribution in [1.82, 2.24) is 4.98 Å². The van der Waals surface area contributed by atoms with Crippen LogP contribution in [0.2, 0.25) is 5.02 Å². The summed E-state index contributed by atoms with van der Waals surface area (Å²) in [5, 5.41) is 2.51. The van der Waals surface area contributed by atoms with Gasteiger partial charge in [-0.25, -0.2) is 13.4 Å². The number of halogens is 1. The standard InChI is InChI=1S/C13H13ClN2O4S2/c1-2-20-12(17)8-22(18,19)16-13-15-11(7-21-13)9-3-5-10(14)6-4-9/h3-7H,2,8H2,1H3,(H,15,16). The molecule has 1 N–H and O–H groups in total. The van der Waals surface area contributed by atoms with E-state index in [2.05, 4.69) is 14.4 Å². The first-order valence-electron chi connectivity index (χ1n) is 6.27. The van der Waals surface area contributed by atoms with E-state index in [1.54, 1.807) is 36.6 Å². The second-order valence-corrected chi connectivity index (χ2v) is 7.23. The summed E-state index contributed by atoms with van der Waals surface area (Å²) in [5.41, 5.74) is 1.44. The van der Waals surface area contributed by atoms with Crippen molar-refractivity contribution >= 4 is 44.1 Å². The molecule has 1 aromatic heterocycles. The maximum Gasteiger partial charge on any atom is 0.323 e. The van der Waals surface area contributed by atoms with Crippen molar-refractivity contribution in [2.75, 3.05) is 17.1 Å². The number of esters is 1. The summed E-state index contributed by atoms with van der Waals surface area (Å²) in [4.78, 5) is 15.4. The smallest absolute Gasteiger partial charge is 0.323 e. The number of ether oxygens (including phenoxy) is 1. The minimum Gasteiger partial charge on any atom is -0.465 e. The minimum atomic E-state index is -3.83. The van der Waals surface area contributed by atoms with E-state index in [-0.39, 0.29) is 11.7 Å². The summed E-state index contributed by atoms with van der Waals surface area (Å²) < 4.78 is 30.5. The van der Waals surface area contributed by atoms with E-state index in [0.717, 1.165) is 16.9 Å². The van der Waals surface area contributed by atoms with Gasteiger partial charge in [0, 0.05) is 16.0 Å². The second-order valence-electron chi connectivity index (χ2n) is 4.21. The molecule has 1 heterocycles. The zero-order valence-corrected chi connectivity index (χ0v) is 14.0. The van der Waals surface area contributed by atoms with Crippen LogP contribution in [0.25, 0.3) is 11.3 Å². The number of aromatic nitrogens is 1. The Morgan fingerprint density at radius 3 is 2.68 bits per heavy atom. The lowest BCUT2D eigenvalue weighted by atomic mass is 10.2. The van der Waals surface area contributed by atoms with Gasteiger partial charge in [0.25, 0.3) is 0 Å². The highest BCUT2D eigenvalue weighted by Crippen LogP contribution is 2.26. The van der Waals surface area contributed by atoms with Crippen LogP contribution in [0.4, 0.5) is 5.13 Å². The summed E-state index contributed by atoms with van der Waals surface area (Å²) in [6.45, 7) is 1.74. The van der Waals surface area contributed by atoms with Crippen LogP contribution in [-0.2, 0) is 19.6 Å². The quantitative estimate of drug-likeness (QED) is 0.800. The van der Waals surface area contributed by atoms with Crippen LogP contribution in [-0.4, -0.2) is 31.7 Å². The molecule has 9 heteroatoms. The monoisotopic (exact) mass is 360 g/mol. The average Bonchev–Trinajstić information content (AvgIpc) is 2.86. The molecule has 0 radical (unpaired) electrons. The van der Waals surface area contributed by atoms with E-state index in [1.807, 2.05) is 0 Å². The van der Waals surface area contributed by atoms with Gasteiger partial charge >= 0.3 is 5.97 Å². The fraction of sp³-hybridized carbons (Fsp3) is 0.231. The van der Waals surface area contributed by atoms with Crippen molar-refractivity contribution in [3.05, 3.63) is 34.7 Å². The van der Waals surface area contributed by atoms with Gasteiger partial charge in [0.05, 0.1) is 12.3 Å². The number of rotatable bonds is 6. The van der Waals surface area contributed by atoms with Gasteiger partial charge in [-0.15, -0.1) is 11.3 Å². The van der Waals surface area contributed by atoms with Gasteiger partial charge in [-0.1, -0.05) is 23.7 Å². The highest BCUT2D eigenvalue weighted by molar-refractivity contribution is 7.93. The van der Waals surface area contributed by atoms with Crippen LogP contribution in [0.5, 0.6) is 0 Å². The van der Waals surface area contributed by atoms with Gasteiger partial charge in [-0.2, -0.15) is 0 Å². The lowest BCUT2D eigenvalue weighted by Crippen LogP contribution is -2.24. The highest BCUT2D eigenvalue weighted by atomic mass is 35.5. The van der Waals surface area contributed by atoms with Crippen molar-refractivity contribution in [3.8, 4) is 11.3 Å². The van der Waals surface area contributed by atoms with Crippen LogP contribution in [0.15, 0.2) is 29.6 Å². The number of hydrogen-bond acceptors (Lipinski definition) is 6. The Hall–Kier alpha value is -1.64. The van der Waals surface area contributed by atoms with E-state index in [9.17, 15) is 13.2 Å². The van der Waals surface area contributed by atoms with Crippen LogP contribution >= 0.6 is 22.9 Å². The number of carbonyl (C=O) groups is 1. The molecule has 118 valence electrons. The molecule has 0 saturated heterocycles. The fourth-order valence-corrected chi connectivity index (χ4v) is 3.64. The lowest BCUT2D eigenvalue weighted by molar-refractivity contribution is -0.139. The molecular weight excluding hydrogens is 348 g/mol. The predicted octanol–water partition coefficient (Wildman–Crippen LogP) is 2.77. The first kappa shape index (κ1) is 16.7. The topological polar surface area (TPSA) is 85.4 Å². The first-order chi connectivity index (χ1) is 10.4. The molecule has 2 rings (SSSR count). The van der Waals surface area contributed by atoms with E-state index in [0.29, 0.717) is 10.7 Å². The lowest BCUT2D eigenvalue weighted by Gasteiger charge is -2.04. The molecule has 0 unspecified atom stereocenters. The molecule has 0 fully saturated rings. The molecule has 0 bridgehead atoms. The third-order valence-electron chi connectivity index (χ3n) is 2.50. The van der Waals surface area contributed by atoms with Crippen LogP contribution in [0, 0.1) is 0 Å². The molecular formula is C13H13ClN2O4S2. The molecule has 0 saturated carbocycles. The summed E-state index contributed by atoms with van der Waals surface area (Å²) >= 11 is 6.94. The van der Waals surface area contributed by atoms with Crippen molar-refractivity contribution in [2.24, 2.45) is 0 Å². The van der Waals surface area contributed by atoms with Crippen LogP contribution in [0.3, 0.4) is 0 Å². The highest BCUT2D eigenvalue weighted by Gasteiger charge is 2.19. The summed E-state index contributed by atoms with van der Waals surface area (Å²) in [6.07, 6.45) is 0. The van der Waals surface area contributed by atoms with E-state index >= 15 is 0 Å². The maximum atomic E-state index is 11.8. The SMILES string of the molecule is CCOC(=O)CS(=O)(=O)Nc1nc(-c2ccc(Cl)cc2)cs1. The Morgan fingerprint density at radius 1 is 1.36 bits per heavy atom. The number of benzene rings is 1. The third-order valence-corrected chi connectivity index (χ3v) is 4.76. The molecule has 6 nitrogen and oxygen atoms in total. The molecule has 1 aromatic carbocycles. The Balaban J connectivity index is 2.08. The Kier molecular flexibility index (Phi) is 5.38. The normalized spacial score (nSPS) is 11.2. The van der Waals surface area contributed by atoms with Crippen molar-refractivity contribution in [3.63, 3.8) is 0 Å². The number of carbonyl (C=O) groups excluding carboxylic acids is 1. The van der Waals surface area contributed by atoms with E-state index in [1.165, 1.54) is 0 Å². The maximum absolute atomic E-state index is 11.8. The number of sulfonamides is 1. The minimum absolute atomic E-state index is 0.131. The van der Waals surface area contributed by atoms with Gasteiger partial charge in [0.1, 0.15) is 0 Å². The van der Waals surface area contributed by atoms with Crippen molar-refractivity contribution in [1.29, 1.82) is 0 Å². The van der Waals surface area contributed by atoms with Crippen LogP contribution in [0.1, 0.15) is 6.92 Å². The molecule has 22 heavy (non-hydrogen) atoms. The summed E-state index contributed by atoms with van der Waals surface area (Å²) in [6, 6.07) is 7.02. The molecule has 0 aliphatic rings. The molecule has 0 atom stereocenters. The fourth-order valence-electron chi connectivity index (χ4n) is 1.60. The predicted molar refractivity (Wildman–Crippen MR) is 86.6 cm³/mol. The number of hydrogen-bond donors (Lipinski definition) is 1. The largest absolute Gasteiger partial charge is 0.465 e. The molecule has 0 amide bonds. The molecule has 0 aliphatic heterocycles. The van der Waals surface area contributed by atoms with E-state index < -0.39 is 21.7 Å². The Labute approximate surface area is 137 Å². The van der Waals surface area contributed by atoms with Gasteiger partial charge in [-0.05, 0) is 19.1 Å². The van der Waals surface area contributed by atoms with Crippen molar-refractivity contribution in [2.45, 2.75) is 6.92 Å². The van der Waals surface area contributed by atoms with Crippen molar-refractivity contribution < 1.29 is 17.9 Å². The number of anilines is 1. The zero-order valence-electron chi connectivity index (χ0n) is 11.6. The van der Waals surface area contributed by atoms with Gasteiger partial charge in [-0.3, -0.25) is 9.52 Å². The third kappa shape index (κ3) is 4.69. The second kappa shape index (κ2) is 7.08. The molecule has 0 spiro atoms. The summed E-state index contributed by atoms with van der Waals surface area (Å²) in [7, 11) is -3.83. The molecule has 2 aromatic rings. The van der Waals surface area contributed by atoms with E-state index in [4.69, 9.17) is 11.6 Å². The number of nitrogens with zero attached hydrogens (tertiary/aromatic N) is 1. The molecule has 0 aliphatic carbocycles. The summed E-state index contributed by atoms with van der Waals surface area (Å²) in [5.74, 6) is -1.54. The van der Waals surface area contributed by atoms with Crippen LogP contribution < -0.4 is 4.72 Å². The zero-order chi connectivity index (χ0) is 16.2. The van der Waals surface area contributed by atoms with Gasteiger partial charge < -0.3 is 4.74 Å². The average molecular weight is 361 g/mol. The van der Waals surface area contributed by atoms with Gasteiger partial charge in [0.2, 0.25) is 10.0 Å².